The van der Waals surface area contributed by atoms with Crippen LogP contribution in [0.2, 0.25) is 24.5 Å². The first-order valence-electron chi connectivity index (χ1n) is 5.25. The summed E-state index contributed by atoms with van der Waals surface area (Å²) >= 11 is 0.130. The number of hydrogen-bond donors (Lipinski definition) is 0. The molecular weight excluding hydrogens is 257 g/mol. The van der Waals surface area contributed by atoms with Crippen molar-refractivity contribution in [2.45, 2.75) is 56.2 Å². The molecular formula is C10H19NOSeSi. The zero-order valence-electron chi connectivity index (χ0n) is 9.25. The van der Waals surface area contributed by atoms with Gasteiger partial charge in [-0.3, -0.25) is 0 Å². The molecule has 0 saturated heterocycles. The van der Waals surface area contributed by atoms with E-state index in [1.807, 2.05) is 0 Å². The van der Waals surface area contributed by atoms with Gasteiger partial charge in [-0.2, -0.15) is 0 Å². The predicted octanol–water partition coefficient (Wildman–Crippen LogP) is 2.75. The Kier molecular flexibility index (Phi) is 4.66. The Morgan fingerprint density at radius 3 is 2.50 bits per heavy atom. The van der Waals surface area contributed by atoms with Crippen LogP contribution in [0, 0.1) is 10.2 Å². The first-order valence-corrected chi connectivity index (χ1v) is 10.5. The van der Waals surface area contributed by atoms with Crippen molar-refractivity contribution in [1.29, 1.82) is 5.26 Å². The Hall–Kier alpha value is 0.186. The summed E-state index contributed by atoms with van der Waals surface area (Å²) in [6.07, 6.45) is 5.36. The summed E-state index contributed by atoms with van der Waals surface area (Å²) in [5.74, 6) is 0. The number of nitrogens with zero attached hydrogens (tertiary/aromatic N) is 1. The molecule has 4 heteroatoms. The van der Waals surface area contributed by atoms with Crippen LogP contribution in [-0.2, 0) is 4.43 Å². The van der Waals surface area contributed by atoms with Crippen molar-refractivity contribution in [3.63, 3.8) is 0 Å². The molecule has 0 aliphatic heterocycles. The molecule has 0 radical (unpaired) electrons. The molecule has 0 aromatic heterocycles. The monoisotopic (exact) mass is 277 g/mol. The molecule has 14 heavy (non-hydrogen) atoms. The summed E-state index contributed by atoms with van der Waals surface area (Å²) in [4.78, 5) is 2.91. The molecule has 0 amide bonds. The van der Waals surface area contributed by atoms with Crippen molar-refractivity contribution < 1.29 is 4.43 Å². The van der Waals surface area contributed by atoms with Gasteiger partial charge in [0.2, 0.25) is 0 Å². The van der Waals surface area contributed by atoms with Crippen LogP contribution in [0.3, 0.4) is 0 Å². The number of nitriles is 1. The van der Waals surface area contributed by atoms with Crippen LogP contribution in [0.25, 0.3) is 0 Å². The first kappa shape index (κ1) is 12.3. The Labute approximate surface area is 94.3 Å². The van der Waals surface area contributed by atoms with Crippen molar-refractivity contribution in [3.05, 3.63) is 0 Å². The van der Waals surface area contributed by atoms with E-state index in [0.717, 1.165) is 0 Å². The number of rotatable bonds is 3. The zero-order valence-corrected chi connectivity index (χ0v) is 12.0. The maximum absolute atomic E-state index is 8.77. The molecule has 0 bridgehead atoms. The molecule has 1 rings (SSSR count). The van der Waals surface area contributed by atoms with Gasteiger partial charge in [-0.05, 0) is 0 Å². The summed E-state index contributed by atoms with van der Waals surface area (Å²) in [6.45, 7) is 6.70. The minimum absolute atomic E-state index is 0.130. The average molecular weight is 276 g/mol. The number of hydrogen-bond acceptors (Lipinski definition) is 2. The maximum atomic E-state index is 8.77. The van der Waals surface area contributed by atoms with Gasteiger partial charge in [0.15, 0.2) is 0 Å². The summed E-state index contributed by atoms with van der Waals surface area (Å²) in [5, 5.41) is 8.77. The summed E-state index contributed by atoms with van der Waals surface area (Å²) in [6, 6.07) is 0. The van der Waals surface area contributed by atoms with Gasteiger partial charge in [0.1, 0.15) is 0 Å². The first-order chi connectivity index (χ1) is 6.53. The second-order valence-corrected chi connectivity index (χ2v) is 11.4. The molecule has 2 nitrogen and oxygen atoms in total. The van der Waals surface area contributed by atoms with E-state index < -0.39 is 8.32 Å². The van der Waals surface area contributed by atoms with Gasteiger partial charge in [-0.25, -0.2) is 0 Å². The van der Waals surface area contributed by atoms with Crippen LogP contribution in [0.15, 0.2) is 0 Å². The third kappa shape index (κ3) is 4.14. The molecule has 0 spiro atoms. The standard InChI is InChI=1S/C10H19NOSeSi/c1-14(2,3)12-9-6-4-5-7-10(9)13-8-11/h9-10H,4-7H2,1-3H3. The SMILES string of the molecule is C[Si](C)(C)OC1CCCCC1[Se]C#N. The van der Waals surface area contributed by atoms with Crippen LogP contribution in [-0.4, -0.2) is 29.4 Å². The Morgan fingerprint density at radius 1 is 1.29 bits per heavy atom. The van der Waals surface area contributed by atoms with E-state index in [1.165, 1.54) is 25.7 Å². The molecule has 2 atom stereocenters. The molecule has 2 unspecified atom stereocenters. The van der Waals surface area contributed by atoms with Gasteiger partial charge >= 0.3 is 94.2 Å². The van der Waals surface area contributed by atoms with E-state index in [1.54, 1.807) is 0 Å². The van der Waals surface area contributed by atoms with Gasteiger partial charge in [0, 0.05) is 0 Å². The van der Waals surface area contributed by atoms with Gasteiger partial charge < -0.3 is 0 Å². The Balaban J connectivity index is 2.50. The van der Waals surface area contributed by atoms with Crippen molar-refractivity contribution in [1.82, 2.24) is 0 Å². The minimum atomic E-state index is -1.41. The van der Waals surface area contributed by atoms with Crippen LogP contribution < -0.4 is 0 Å². The van der Waals surface area contributed by atoms with E-state index in [2.05, 4.69) is 24.6 Å². The predicted molar refractivity (Wildman–Crippen MR) is 61.8 cm³/mol. The van der Waals surface area contributed by atoms with Crippen LogP contribution in [0.4, 0.5) is 0 Å². The summed E-state index contributed by atoms with van der Waals surface area (Å²) < 4.78 is 6.15. The van der Waals surface area contributed by atoms with Gasteiger partial charge in [0.25, 0.3) is 0 Å². The Bertz CT molecular complexity index is 221. The van der Waals surface area contributed by atoms with Crippen molar-refractivity contribution in [3.8, 4) is 4.97 Å². The fourth-order valence-corrected chi connectivity index (χ4v) is 4.87. The summed E-state index contributed by atoms with van der Waals surface area (Å²) in [5.41, 5.74) is 0. The molecule has 1 aliphatic rings. The summed E-state index contributed by atoms with van der Waals surface area (Å²) in [7, 11) is -1.41. The molecule has 1 saturated carbocycles. The van der Waals surface area contributed by atoms with Crippen molar-refractivity contribution >= 4 is 23.3 Å². The molecule has 1 fully saturated rings. The van der Waals surface area contributed by atoms with Crippen molar-refractivity contribution in [2.75, 3.05) is 0 Å². The van der Waals surface area contributed by atoms with E-state index in [9.17, 15) is 0 Å². The van der Waals surface area contributed by atoms with E-state index in [4.69, 9.17) is 9.69 Å². The second kappa shape index (κ2) is 5.32. The van der Waals surface area contributed by atoms with Crippen LogP contribution in [0.5, 0.6) is 0 Å². The van der Waals surface area contributed by atoms with Gasteiger partial charge in [0.05, 0.1) is 0 Å². The van der Waals surface area contributed by atoms with Gasteiger partial charge in [-0.15, -0.1) is 0 Å². The molecule has 0 aromatic rings. The molecule has 80 valence electrons. The van der Waals surface area contributed by atoms with Crippen LogP contribution in [0.1, 0.15) is 25.7 Å². The third-order valence-electron chi connectivity index (χ3n) is 2.35. The fourth-order valence-electron chi connectivity index (χ4n) is 1.85. The van der Waals surface area contributed by atoms with Crippen molar-refractivity contribution in [2.24, 2.45) is 0 Å². The molecule has 1 aliphatic carbocycles. The van der Waals surface area contributed by atoms with E-state index in [0.29, 0.717) is 10.9 Å². The molecule has 0 N–H and O–H groups in total. The van der Waals surface area contributed by atoms with Crippen LogP contribution >= 0.6 is 0 Å². The molecule has 0 heterocycles. The third-order valence-corrected chi connectivity index (χ3v) is 5.35. The topological polar surface area (TPSA) is 33.0 Å². The Morgan fingerprint density at radius 2 is 1.93 bits per heavy atom. The zero-order chi connectivity index (χ0) is 10.6. The van der Waals surface area contributed by atoms with E-state index >= 15 is 0 Å². The normalized spacial score (nSPS) is 28.4. The average Bonchev–Trinajstić information content (AvgIpc) is 2.06. The quantitative estimate of drug-likeness (QED) is 0.743. The second-order valence-electron chi connectivity index (χ2n) is 4.80. The fraction of sp³-hybridized carbons (Fsp3) is 0.900. The van der Waals surface area contributed by atoms with E-state index in [-0.39, 0.29) is 15.0 Å². The molecule has 0 aromatic carbocycles. The van der Waals surface area contributed by atoms with Gasteiger partial charge in [-0.1, -0.05) is 0 Å².